The summed E-state index contributed by atoms with van der Waals surface area (Å²) < 4.78 is 16.1. The molecule has 4 nitrogen and oxygen atoms in total. The molecule has 0 radical (unpaired) electrons. The fourth-order valence-electron chi connectivity index (χ4n) is 3.70. The highest BCUT2D eigenvalue weighted by Gasteiger charge is 2.14. The van der Waals surface area contributed by atoms with Crippen molar-refractivity contribution in [3.05, 3.63) is 119 Å². The molecule has 4 rings (SSSR count). The highest BCUT2D eigenvalue weighted by atomic mass is 16.5. The summed E-state index contributed by atoms with van der Waals surface area (Å²) >= 11 is 0. The molecule has 4 aromatic rings. The van der Waals surface area contributed by atoms with Gasteiger partial charge in [-0.2, -0.15) is 0 Å². The van der Waals surface area contributed by atoms with Gasteiger partial charge in [0.1, 0.15) is 17.2 Å². The van der Waals surface area contributed by atoms with Gasteiger partial charge in [0.25, 0.3) is 0 Å². The summed E-state index contributed by atoms with van der Waals surface area (Å²) in [7, 11) is 5.00. The lowest BCUT2D eigenvalue weighted by molar-refractivity contribution is 0.414. The van der Waals surface area contributed by atoms with Crippen molar-refractivity contribution in [1.82, 2.24) is 0 Å². The molecule has 4 aromatic carbocycles. The predicted octanol–water partition coefficient (Wildman–Crippen LogP) is 7.38. The van der Waals surface area contributed by atoms with Crippen LogP contribution >= 0.6 is 0 Å². The van der Waals surface area contributed by atoms with Crippen LogP contribution in [0.3, 0.4) is 0 Å². The minimum absolute atomic E-state index is 0.792. The van der Waals surface area contributed by atoms with Gasteiger partial charge in [0.15, 0.2) is 0 Å². The topological polar surface area (TPSA) is 40.0 Å². The Hall–Kier alpha value is -4.31. The summed E-state index contributed by atoms with van der Waals surface area (Å²) in [5.41, 5.74) is 7.01. The third kappa shape index (κ3) is 5.98. The minimum Gasteiger partial charge on any atom is -0.497 e. The Labute approximate surface area is 207 Å². The highest BCUT2D eigenvalue weighted by molar-refractivity contribution is 6.35. The maximum Gasteiger partial charge on any atom is 0.119 e. The van der Waals surface area contributed by atoms with E-state index < -0.39 is 0 Å². The second-order valence-corrected chi connectivity index (χ2v) is 8.08. The molecule has 0 aliphatic carbocycles. The Morgan fingerprint density at radius 3 is 1.51 bits per heavy atom. The van der Waals surface area contributed by atoms with E-state index in [4.69, 9.17) is 19.2 Å². The van der Waals surface area contributed by atoms with Gasteiger partial charge in [-0.1, -0.05) is 42.0 Å². The molecule has 0 N–H and O–H groups in total. The molecule has 0 atom stereocenters. The Bertz CT molecular complexity index is 1300. The molecule has 176 valence electrons. The van der Waals surface area contributed by atoms with Crippen LogP contribution in [0.15, 0.2) is 102 Å². The van der Waals surface area contributed by atoms with Gasteiger partial charge < -0.3 is 14.2 Å². The summed E-state index contributed by atoms with van der Waals surface area (Å²) in [4.78, 5) is 5.11. The molecule has 35 heavy (non-hydrogen) atoms. The van der Waals surface area contributed by atoms with E-state index in [9.17, 15) is 0 Å². The second kappa shape index (κ2) is 11.2. The van der Waals surface area contributed by atoms with E-state index in [0.717, 1.165) is 50.9 Å². The zero-order valence-electron chi connectivity index (χ0n) is 20.5. The zero-order chi connectivity index (χ0) is 24.6. The second-order valence-electron chi connectivity index (χ2n) is 8.08. The van der Waals surface area contributed by atoms with Gasteiger partial charge in [0.05, 0.1) is 32.7 Å². The van der Waals surface area contributed by atoms with Crippen molar-refractivity contribution in [2.24, 2.45) is 4.99 Å². The number of hydrogen-bond donors (Lipinski definition) is 0. The van der Waals surface area contributed by atoms with Crippen molar-refractivity contribution in [2.45, 2.75) is 6.92 Å². The van der Waals surface area contributed by atoms with Crippen LogP contribution in [0.2, 0.25) is 0 Å². The normalized spacial score (nSPS) is 11.8. The molecular formula is C31H29NO3. The Kier molecular flexibility index (Phi) is 7.63. The molecule has 0 spiro atoms. The highest BCUT2D eigenvalue weighted by Crippen LogP contribution is 2.29. The van der Waals surface area contributed by atoms with Crippen molar-refractivity contribution >= 4 is 23.0 Å². The summed E-state index contributed by atoms with van der Waals surface area (Å²) in [6.45, 7) is 2.09. The van der Waals surface area contributed by atoms with Crippen molar-refractivity contribution in [2.75, 3.05) is 21.3 Å². The van der Waals surface area contributed by atoms with Gasteiger partial charge in [-0.3, -0.25) is 0 Å². The third-order valence-corrected chi connectivity index (χ3v) is 5.72. The molecule has 0 unspecified atom stereocenters. The van der Waals surface area contributed by atoms with E-state index in [1.807, 2.05) is 60.7 Å². The molecule has 0 saturated heterocycles. The average molecular weight is 464 g/mol. The molecule has 0 amide bonds. The van der Waals surface area contributed by atoms with Crippen LogP contribution in [0.25, 0.3) is 11.6 Å². The summed E-state index contributed by atoms with van der Waals surface area (Å²) in [6.07, 6.45) is 2.17. The lowest BCUT2D eigenvalue weighted by Gasteiger charge is -2.15. The van der Waals surface area contributed by atoms with E-state index in [2.05, 4.69) is 49.4 Å². The maximum atomic E-state index is 5.39. The molecule has 0 saturated carbocycles. The van der Waals surface area contributed by atoms with Gasteiger partial charge in [-0.15, -0.1) is 0 Å². The number of ether oxygens (including phenoxy) is 3. The molecule has 0 fully saturated rings. The number of methoxy groups -OCH3 is 3. The number of rotatable bonds is 8. The van der Waals surface area contributed by atoms with Gasteiger partial charge in [0.2, 0.25) is 0 Å². The maximum absolute atomic E-state index is 5.39. The van der Waals surface area contributed by atoms with Crippen molar-refractivity contribution in [1.29, 1.82) is 0 Å². The SMILES string of the molecule is COc1ccc(N=C(/C(=C/c2ccc(C)cc2)c2ccc(OC)cc2)c2ccc(OC)cc2)cc1. The van der Waals surface area contributed by atoms with Crippen LogP contribution in [0.4, 0.5) is 5.69 Å². The van der Waals surface area contributed by atoms with Gasteiger partial charge >= 0.3 is 0 Å². The number of hydrogen-bond acceptors (Lipinski definition) is 4. The third-order valence-electron chi connectivity index (χ3n) is 5.72. The monoisotopic (exact) mass is 463 g/mol. The number of benzene rings is 4. The number of nitrogens with zero attached hydrogens (tertiary/aromatic N) is 1. The van der Waals surface area contributed by atoms with Crippen molar-refractivity contribution in [3.63, 3.8) is 0 Å². The van der Waals surface area contributed by atoms with E-state index >= 15 is 0 Å². The van der Waals surface area contributed by atoms with E-state index in [1.54, 1.807) is 21.3 Å². The van der Waals surface area contributed by atoms with Gasteiger partial charge in [-0.25, -0.2) is 4.99 Å². The van der Waals surface area contributed by atoms with Crippen LogP contribution in [0.1, 0.15) is 22.3 Å². The quantitative estimate of drug-likeness (QED) is 0.202. The molecule has 0 bridgehead atoms. The first-order valence-electron chi connectivity index (χ1n) is 11.4. The lowest BCUT2D eigenvalue weighted by Crippen LogP contribution is -2.05. The number of aliphatic imine (C=N–C) groups is 1. The van der Waals surface area contributed by atoms with Crippen molar-refractivity contribution < 1.29 is 14.2 Å². The fraction of sp³-hybridized carbons (Fsp3) is 0.129. The Balaban J connectivity index is 1.92. The van der Waals surface area contributed by atoms with Crippen LogP contribution in [0, 0.1) is 6.92 Å². The van der Waals surface area contributed by atoms with Gasteiger partial charge in [0, 0.05) is 11.1 Å². The zero-order valence-corrected chi connectivity index (χ0v) is 20.5. The largest absolute Gasteiger partial charge is 0.497 e. The Morgan fingerprint density at radius 2 is 1.03 bits per heavy atom. The standard InChI is InChI=1S/C31H29NO3/c1-22-5-7-23(8-6-22)21-30(24-9-15-27(33-2)16-10-24)31(25-11-17-28(34-3)18-12-25)32-26-13-19-29(35-4)20-14-26/h5-21H,1-4H3/b30-21+,32-31?. The Morgan fingerprint density at radius 1 is 0.571 bits per heavy atom. The van der Waals surface area contributed by atoms with Crippen molar-refractivity contribution in [3.8, 4) is 17.2 Å². The molecule has 4 heteroatoms. The van der Waals surface area contributed by atoms with E-state index in [-0.39, 0.29) is 0 Å². The van der Waals surface area contributed by atoms with Crippen LogP contribution in [-0.4, -0.2) is 27.0 Å². The molecule has 0 aromatic heterocycles. The first kappa shape index (κ1) is 23.8. The number of aryl methyl sites for hydroxylation is 1. The first-order chi connectivity index (χ1) is 17.1. The smallest absolute Gasteiger partial charge is 0.119 e. The average Bonchev–Trinajstić information content (AvgIpc) is 2.92. The minimum atomic E-state index is 0.792. The summed E-state index contributed by atoms with van der Waals surface area (Å²) in [5, 5.41) is 0. The van der Waals surface area contributed by atoms with E-state index in [0.29, 0.717) is 0 Å². The van der Waals surface area contributed by atoms with Crippen LogP contribution in [0.5, 0.6) is 17.2 Å². The van der Waals surface area contributed by atoms with Crippen LogP contribution < -0.4 is 14.2 Å². The molecule has 0 aliphatic rings. The first-order valence-corrected chi connectivity index (χ1v) is 11.4. The molecule has 0 heterocycles. The predicted molar refractivity (Wildman–Crippen MR) is 144 cm³/mol. The summed E-state index contributed by atoms with van der Waals surface area (Å²) in [6, 6.07) is 32.3. The molecular weight excluding hydrogens is 434 g/mol. The number of allylic oxidation sites excluding steroid dienone is 1. The fourth-order valence-corrected chi connectivity index (χ4v) is 3.70. The molecule has 0 aliphatic heterocycles. The summed E-state index contributed by atoms with van der Waals surface area (Å²) in [5.74, 6) is 2.40. The van der Waals surface area contributed by atoms with Crippen LogP contribution in [-0.2, 0) is 0 Å². The lowest BCUT2D eigenvalue weighted by atomic mass is 9.93. The van der Waals surface area contributed by atoms with E-state index in [1.165, 1.54) is 5.56 Å². The van der Waals surface area contributed by atoms with Gasteiger partial charge in [-0.05, 0) is 84.8 Å².